The molecule has 0 radical (unpaired) electrons. The second kappa shape index (κ2) is 13.6. The van der Waals surface area contributed by atoms with Gasteiger partial charge in [0.25, 0.3) is 0 Å². The van der Waals surface area contributed by atoms with E-state index >= 15 is 0 Å². The fraction of sp³-hybridized carbons (Fsp3) is 1.00. The van der Waals surface area contributed by atoms with E-state index in [9.17, 15) is 0 Å². The molecule has 0 saturated heterocycles. The van der Waals surface area contributed by atoms with E-state index in [1.807, 2.05) is 6.92 Å². The molecule has 0 fully saturated rings. The summed E-state index contributed by atoms with van der Waals surface area (Å²) in [7, 11) is 0. The average molecular weight is 239 g/mol. The van der Waals surface area contributed by atoms with Crippen LogP contribution in [0.25, 0.3) is 0 Å². The van der Waals surface area contributed by atoms with Crippen LogP contribution in [0.15, 0.2) is 0 Å². The van der Waals surface area contributed by atoms with Gasteiger partial charge in [-0.3, -0.25) is 0 Å². The van der Waals surface area contributed by atoms with Gasteiger partial charge in [0, 0.05) is 6.61 Å². The molecule has 0 amide bonds. The van der Waals surface area contributed by atoms with Crippen molar-refractivity contribution >= 4 is 0 Å². The standard InChI is InChI=1S/C5H12O3.BrH.K/c1-2-8-4-5(7)3-6;;/h5-7H,2-4H2,1H3;1H;/q;;+1/p-1. The monoisotopic (exact) mass is 238 g/mol. The number of halogens is 1. The number of hydrogen-bond donors (Lipinski definition) is 2. The number of ether oxygens (including phenoxy) is 1. The maximum absolute atomic E-state index is 8.61. The molecular weight excluding hydrogens is 227 g/mol. The largest absolute Gasteiger partial charge is 1.00 e. The van der Waals surface area contributed by atoms with Crippen molar-refractivity contribution in [2.45, 2.75) is 13.0 Å². The van der Waals surface area contributed by atoms with Crippen LogP contribution in [0.3, 0.4) is 0 Å². The van der Waals surface area contributed by atoms with Gasteiger partial charge in [-0.15, -0.1) is 0 Å². The molecule has 0 heterocycles. The molecule has 1 atom stereocenters. The minimum atomic E-state index is -0.713. The first-order valence-corrected chi connectivity index (χ1v) is 2.68. The molecule has 1 unspecified atom stereocenters. The summed E-state index contributed by atoms with van der Waals surface area (Å²) in [4.78, 5) is 0. The maximum Gasteiger partial charge on any atom is 1.00 e. The van der Waals surface area contributed by atoms with E-state index in [1.165, 1.54) is 0 Å². The third-order valence-corrected chi connectivity index (χ3v) is 0.725. The summed E-state index contributed by atoms with van der Waals surface area (Å²) in [5.74, 6) is 0. The molecular formula is C5H12BrKO3. The van der Waals surface area contributed by atoms with Crippen LogP contribution in [0.5, 0.6) is 0 Å². The van der Waals surface area contributed by atoms with Gasteiger partial charge in [-0.1, -0.05) is 0 Å². The Labute approximate surface area is 114 Å². The van der Waals surface area contributed by atoms with Crippen LogP contribution in [-0.4, -0.2) is 36.1 Å². The Kier molecular flexibility index (Phi) is 24.3. The van der Waals surface area contributed by atoms with Crippen molar-refractivity contribution in [2.24, 2.45) is 0 Å². The van der Waals surface area contributed by atoms with E-state index in [2.05, 4.69) is 0 Å². The van der Waals surface area contributed by atoms with E-state index in [0.29, 0.717) is 6.61 Å². The summed E-state index contributed by atoms with van der Waals surface area (Å²) in [5, 5.41) is 16.8. The van der Waals surface area contributed by atoms with Gasteiger partial charge in [-0.2, -0.15) is 0 Å². The molecule has 0 saturated carbocycles. The van der Waals surface area contributed by atoms with Gasteiger partial charge in [0.15, 0.2) is 0 Å². The molecule has 3 nitrogen and oxygen atoms in total. The second-order valence-corrected chi connectivity index (χ2v) is 1.50. The quantitative estimate of drug-likeness (QED) is 0.480. The molecule has 0 aromatic heterocycles. The predicted molar refractivity (Wildman–Crippen MR) is 29.6 cm³/mol. The van der Waals surface area contributed by atoms with E-state index in [-0.39, 0.29) is 81.6 Å². The summed E-state index contributed by atoms with van der Waals surface area (Å²) < 4.78 is 4.78. The van der Waals surface area contributed by atoms with E-state index in [4.69, 9.17) is 14.9 Å². The summed E-state index contributed by atoms with van der Waals surface area (Å²) in [6.45, 7) is 2.42. The van der Waals surface area contributed by atoms with Crippen molar-refractivity contribution in [3.63, 3.8) is 0 Å². The summed E-state index contributed by atoms with van der Waals surface area (Å²) in [5.41, 5.74) is 0. The zero-order chi connectivity index (χ0) is 6.41. The minimum Gasteiger partial charge on any atom is -1.00 e. The van der Waals surface area contributed by atoms with Crippen LogP contribution in [0.4, 0.5) is 0 Å². The van der Waals surface area contributed by atoms with Crippen LogP contribution in [0.2, 0.25) is 0 Å². The fourth-order valence-electron chi connectivity index (χ4n) is 0.307. The summed E-state index contributed by atoms with van der Waals surface area (Å²) >= 11 is 0. The van der Waals surface area contributed by atoms with Crippen LogP contribution in [0, 0.1) is 0 Å². The van der Waals surface area contributed by atoms with Crippen molar-refractivity contribution in [1.29, 1.82) is 0 Å². The molecule has 5 heteroatoms. The number of rotatable bonds is 4. The number of hydrogen-bond acceptors (Lipinski definition) is 3. The van der Waals surface area contributed by atoms with E-state index < -0.39 is 6.10 Å². The van der Waals surface area contributed by atoms with Gasteiger partial charge in [0.2, 0.25) is 0 Å². The Morgan fingerprint density at radius 1 is 1.50 bits per heavy atom. The third kappa shape index (κ3) is 12.7. The van der Waals surface area contributed by atoms with Gasteiger partial charge in [0.05, 0.1) is 13.2 Å². The first-order chi connectivity index (χ1) is 3.81. The van der Waals surface area contributed by atoms with Crippen LogP contribution in [-0.2, 0) is 4.74 Å². The molecule has 0 aliphatic heterocycles. The predicted octanol–water partition coefficient (Wildman–Crippen LogP) is -6.62. The molecule has 0 aromatic carbocycles. The fourth-order valence-corrected chi connectivity index (χ4v) is 0.307. The zero-order valence-corrected chi connectivity index (χ0v) is 11.1. The Balaban J connectivity index is -0.000000245. The van der Waals surface area contributed by atoms with Gasteiger partial charge in [-0.05, 0) is 6.92 Å². The van der Waals surface area contributed by atoms with Crippen molar-refractivity contribution in [3.05, 3.63) is 0 Å². The van der Waals surface area contributed by atoms with Crippen LogP contribution >= 0.6 is 0 Å². The number of aliphatic hydroxyl groups is 2. The molecule has 0 bridgehead atoms. The first-order valence-electron chi connectivity index (χ1n) is 2.68. The Morgan fingerprint density at radius 3 is 2.30 bits per heavy atom. The van der Waals surface area contributed by atoms with Crippen molar-refractivity contribution in [3.8, 4) is 0 Å². The summed E-state index contributed by atoms with van der Waals surface area (Å²) in [6.07, 6.45) is -0.713. The van der Waals surface area contributed by atoms with Gasteiger partial charge in [0.1, 0.15) is 6.10 Å². The van der Waals surface area contributed by atoms with Crippen LogP contribution in [0.1, 0.15) is 6.92 Å². The average Bonchev–Trinajstić information content (AvgIpc) is 1.83. The molecule has 0 aromatic rings. The molecule has 58 valence electrons. The Hall–Kier alpha value is 2.00. The maximum atomic E-state index is 8.61. The molecule has 0 aliphatic rings. The zero-order valence-electron chi connectivity index (χ0n) is 6.38. The normalized spacial score (nSPS) is 11.1. The van der Waals surface area contributed by atoms with Crippen molar-refractivity contribution < 1.29 is 83.3 Å². The van der Waals surface area contributed by atoms with E-state index in [0.717, 1.165) is 0 Å². The topological polar surface area (TPSA) is 49.7 Å². The van der Waals surface area contributed by atoms with Gasteiger partial charge < -0.3 is 31.9 Å². The van der Waals surface area contributed by atoms with Gasteiger partial charge in [-0.25, -0.2) is 0 Å². The molecule has 10 heavy (non-hydrogen) atoms. The Morgan fingerprint density at radius 2 is 2.00 bits per heavy atom. The second-order valence-electron chi connectivity index (χ2n) is 1.50. The van der Waals surface area contributed by atoms with Gasteiger partial charge >= 0.3 is 51.4 Å². The molecule has 0 spiro atoms. The molecule has 2 N–H and O–H groups in total. The smallest absolute Gasteiger partial charge is 1.00 e. The first kappa shape index (κ1) is 17.9. The minimum absolute atomic E-state index is 0. The van der Waals surface area contributed by atoms with Crippen molar-refractivity contribution in [2.75, 3.05) is 19.8 Å². The SMILES string of the molecule is CCOCC(O)CO.[Br-].[K+]. The van der Waals surface area contributed by atoms with Crippen molar-refractivity contribution in [1.82, 2.24) is 0 Å². The number of aliphatic hydroxyl groups excluding tert-OH is 2. The Bertz CT molecular complexity index is 56.2. The molecule has 0 aliphatic carbocycles. The van der Waals surface area contributed by atoms with Crippen LogP contribution < -0.4 is 68.4 Å². The summed E-state index contributed by atoms with van der Waals surface area (Å²) in [6, 6.07) is 0. The third-order valence-electron chi connectivity index (χ3n) is 0.725. The molecule has 0 rings (SSSR count). The van der Waals surface area contributed by atoms with E-state index in [1.54, 1.807) is 0 Å².